The van der Waals surface area contributed by atoms with Crippen molar-refractivity contribution in [2.45, 2.75) is 40.0 Å². The fourth-order valence-corrected chi connectivity index (χ4v) is 3.24. The van der Waals surface area contributed by atoms with E-state index in [1.165, 1.54) is 18.6 Å². The molecule has 0 unspecified atom stereocenters. The fourth-order valence-electron chi connectivity index (χ4n) is 3.24. The van der Waals surface area contributed by atoms with Crippen molar-refractivity contribution < 1.29 is 32.7 Å². The van der Waals surface area contributed by atoms with Crippen LogP contribution in [0.4, 0.5) is 0 Å². The fraction of sp³-hybridized carbons (Fsp3) is 0.333. The molecule has 26 heavy (non-hydrogen) atoms. The Labute approximate surface area is 181 Å². The number of nitrogens with one attached hydrogen (secondary N) is 2. The Hall–Kier alpha value is -1.52. The zero-order chi connectivity index (χ0) is 18.4. The zero-order valence-corrected chi connectivity index (χ0v) is 18.7. The van der Waals surface area contributed by atoms with Crippen LogP contribution in [0.1, 0.15) is 48.4 Å². The van der Waals surface area contributed by atoms with Crippen molar-refractivity contribution in [1.82, 2.24) is 0 Å². The standard InChI is InChI=1S/C21H27N4.Y/c1-4-5-6-17(16(11-22)12-23)18-9-10-25-21(18)20-15(3)8-7-14(2)19(20)13-24;/h6-8,11-13,22,24H,4-5,9-10,23H2,1-3H3;/q-1;/b16-12+,17-6+,22-11?,24-13?;. The summed E-state index contributed by atoms with van der Waals surface area (Å²) in [6, 6.07) is 4.13. The SMILES string of the molecule is CCC/C=C(C1=C(c2c(C)ccc(C)c2C=N)[N-]CC1)\C(C=N)=C\N.[Y]. The van der Waals surface area contributed by atoms with Gasteiger partial charge in [-0.15, -0.1) is 12.2 Å². The van der Waals surface area contributed by atoms with E-state index in [0.29, 0.717) is 0 Å². The first-order valence-corrected chi connectivity index (χ1v) is 8.73. The number of aryl methyl sites for hydroxylation is 2. The van der Waals surface area contributed by atoms with Gasteiger partial charge in [-0.25, -0.2) is 0 Å². The van der Waals surface area contributed by atoms with Crippen LogP contribution in [-0.4, -0.2) is 19.0 Å². The maximum Gasteiger partial charge on any atom is 0.0270 e. The molecule has 1 radical (unpaired) electrons. The van der Waals surface area contributed by atoms with E-state index >= 15 is 0 Å². The molecule has 1 aromatic rings. The summed E-state index contributed by atoms with van der Waals surface area (Å²) in [5.41, 5.74) is 13.7. The first kappa shape index (κ1) is 22.5. The normalized spacial score (nSPS) is 14.7. The Bertz CT molecular complexity index is 772. The Balaban J connectivity index is 0.00000338. The molecule has 0 aromatic heterocycles. The third kappa shape index (κ3) is 4.60. The first-order valence-electron chi connectivity index (χ1n) is 8.73. The molecule has 0 fully saturated rings. The van der Waals surface area contributed by atoms with E-state index in [0.717, 1.165) is 70.5 Å². The van der Waals surface area contributed by atoms with Crippen LogP contribution in [0.5, 0.6) is 0 Å². The molecule has 0 saturated heterocycles. The van der Waals surface area contributed by atoms with Gasteiger partial charge in [0, 0.05) is 62.5 Å². The molecular formula is C21H27N4Y-. The van der Waals surface area contributed by atoms with Crippen molar-refractivity contribution in [3.05, 3.63) is 68.7 Å². The molecule has 2 rings (SSSR count). The maximum absolute atomic E-state index is 7.86. The second-order valence-corrected chi connectivity index (χ2v) is 6.26. The van der Waals surface area contributed by atoms with Gasteiger partial charge in [0.05, 0.1) is 0 Å². The van der Waals surface area contributed by atoms with E-state index in [4.69, 9.17) is 21.9 Å². The Morgan fingerprint density at radius 3 is 2.50 bits per heavy atom. The monoisotopic (exact) mass is 424 g/mol. The molecule has 0 aliphatic carbocycles. The van der Waals surface area contributed by atoms with Crippen molar-refractivity contribution in [2.24, 2.45) is 5.73 Å². The van der Waals surface area contributed by atoms with Crippen LogP contribution < -0.4 is 5.73 Å². The first-order chi connectivity index (χ1) is 12.1. The predicted molar refractivity (Wildman–Crippen MR) is 108 cm³/mol. The number of allylic oxidation sites excluding steroid dienone is 3. The van der Waals surface area contributed by atoms with E-state index in [1.54, 1.807) is 0 Å². The van der Waals surface area contributed by atoms with Gasteiger partial charge in [0.1, 0.15) is 0 Å². The van der Waals surface area contributed by atoms with Crippen LogP contribution in [0.2, 0.25) is 0 Å². The van der Waals surface area contributed by atoms with Crippen molar-refractivity contribution >= 4 is 18.1 Å². The van der Waals surface area contributed by atoms with Crippen LogP contribution in [0, 0.1) is 24.7 Å². The predicted octanol–water partition coefficient (Wildman–Crippen LogP) is 5.01. The topological polar surface area (TPSA) is 87.8 Å². The summed E-state index contributed by atoms with van der Waals surface area (Å²) in [4.78, 5) is 0. The van der Waals surface area contributed by atoms with Crippen LogP contribution >= 0.6 is 0 Å². The molecule has 0 bridgehead atoms. The number of unbranched alkanes of at least 4 members (excludes halogenated alkanes) is 1. The van der Waals surface area contributed by atoms with Crippen molar-refractivity contribution in [2.75, 3.05) is 6.54 Å². The van der Waals surface area contributed by atoms with Gasteiger partial charge in [-0.2, -0.15) is 0 Å². The minimum atomic E-state index is 0. The van der Waals surface area contributed by atoms with E-state index in [1.807, 2.05) is 13.0 Å². The summed E-state index contributed by atoms with van der Waals surface area (Å²) in [6.45, 7) is 6.95. The number of hydrogen-bond donors (Lipinski definition) is 3. The van der Waals surface area contributed by atoms with E-state index < -0.39 is 0 Å². The molecule has 1 aliphatic heterocycles. The number of nitrogens with zero attached hydrogens (tertiary/aromatic N) is 1. The molecule has 0 saturated carbocycles. The minimum Gasteiger partial charge on any atom is -0.683 e. The van der Waals surface area contributed by atoms with Crippen LogP contribution in [0.15, 0.2) is 41.1 Å². The second kappa shape index (κ2) is 10.6. The molecule has 4 N–H and O–H groups in total. The van der Waals surface area contributed by atoms with Gasteiger partial charge in [-0.1, -0.05) is 37.1 Å². The summed E-state index contributed by atoms with van der Waals surface area (Å²) in [6.07, 6.45) is 9.19. The molecule has 1 aromatic carbocycles. The Morgan fingerprint density at radius 1 is 1.23 bits per heavy atom. The molecule has 0 atom stereocenters. The zero-order valence-electron chi connectivity index (χ0n) is 15.9. The second-order valence-electron chi connectivity index (χ2n) is 6.26. The summed E-state index contributed by atoms with van der Waals surface area (Å²) in [5.74, 6) is 0. The van der Waals surface area contributed by atoms with Crippen LogP contribution in [0.25, 0.3) is 11.0 Å². The van der Waals surface area contributed by atoms with E-state index in [9.17, 15) is 0 Å². The number of rotatable bonds is 7. The minimum absolute atomic E-state index is 0. The maximum atomic E-state index is 7.86. The van der Waals surface area contributed by atoms with E-state index in [-0.39, 0.29) is 32.7 Å². The van der Waals surface area contributed by atoms with Crippen molar-refractivity contribution in [3.63, 3.8) is 0 Å². The summed E-state index contributed by atoms with van der Waals surface area (Å²) in [7, 11) is 0. The third-order valence-electron chi connectivity index (χ3n) is 4.58. The average Bonchev–Trinajstić information content (AvgIpc) is 3.09. The molecule has 135 valence electrons. The quantitative estimate of drug-likeness (QED) is 0.417. The largest absolute Gasteiger partial charge is 0.683 e. The number of hydrogen-bond acceptors (Lipinski definition) is 3. The van der Waals surface area contributed by atoms with Gasteiger partial charge < -0.3 is 21.9 Å². The summed E-state index contributed by atoms with van der Waals surface area (Å²) >= 11 is 0. The number of nitrogens with two attached hydrogens (primary N) is 1. The van der Waals surface area contributed by atoms with Gasteiger partial charge in [-0.3, -0.25) is 0 Å². The molecule has 0 amide bonds. The molecule has 4 nitrogen and oxygen atoms in total. The molecule has 0 spiro atoms. The summed E-state index contributed by atoms with van der Waals surface area (Å²) < 4.78 is 0. The van der Waals surface area contributed by atoms with Crippen molar-refractivity contribution in [1.29, 1.82) is 10.8 Å². The van der Waals surface area contributed by atoms with Gasteiger partial charge >= 0.3 is 0 Å². The van der Waals surface area contributed by atoms with Crippen molar-refractivity contribution in [3.8, 4) is 0 Å². The van der Waals surface area contributed by atoms with E-state index in [2.05, 4.69) is 26.0 Å². The number of benzene rings is 1. The Morgan fingerprint density at radius 2 is 1.92 bits per heavy atom. The van der Waals surface area contributed by atoms with Crippen LogP contribution in [-0.2, 0) is 32.7 Å². The van der Waals surface area contributed by atoms with Gasteiger partial charge in [0.15, 0.2) is 0 Å². The smallest absolute Gasteiger partial charge is 0.0270 e. The molecule has 5 heteroatoms. The Kier molecular flexibility index (Phi) is 9.17. The van der Waals surface area contributed by atoms with Crippen LogP contribution in [0.3, 0.4) is 0 Å². The molecule has 1 heterocycles. The van der Waals surface area contributed by atoms with Gasteiger partial charge in [0.25, 0.3) is 0 Å². The third-order valence-corrected chi connectivity index (χ3v) is 4.58. The summed E-state index contributed by atoms with van der Waals surface area (Å²) in [5, 5.41) is 20.3. The van der Waals surface area contributed by atoms with Gasteiger partial charge in [0.2, 0.25) is 0 Å². The molecular weight excluding hydrogens is 397 g/mol. The van der Waals surface area contributed by atoms with Gasteiger partial charge in [-0.05, 0) is 49.0 Å². The average molecular weight is 424 g/mol. The molecule has 1 aliphatic rings.